The van der Waals surface area contributed by atoms with E-state index in [0.29, 0.717) is 6.61 Å². The molecule has 166 valence electrons. The minimum Gasteiger partial charge on any atom is -0.490 e. The summed E-state index contributed by atoms with van der Waals surface area (Å²) in [5.74, 6) is 1.05. The average molecular weight is 403 g/mol. The second-order valence-electron chi connectivity index (χ2n) is 9.33. The van der Waals surface area contributed by atoms with Crippen LogP contribution < -0.4 is 4.74 Å². The number of hydrogen-bond donors (Lipinski definition) is 0. The van der Waals surface area contributed by atoms with E-state index in [1.54, 1.807) is 0 Å². The van der Waals surface area contributed by atoms with E-state index in [1.807, 2.05) is 0 Å². The SMILES string of the molecule is CCCCCCCCCCCCCCCCCc1ccccc1OCC1(C)CO1. The molecule has 1 aliphatic rings. The molecule has 1 aliphatic heterocycles. The highest BCUT2D eigenvalue weighted by molar-refractivity contribution is 5.33. The molecule has 1 aromatic rings. The molecule has 1 atom stereocenters. The van der Waals surface area contributed by atoms with Crippen LogP contribution in [0.4, 0.5) is 0 Å². The smallest absolute Gasteiger partial charge is 0.123 e. The molecular weight excluding hydrogens is 356 g/mol. The molecule has 0 radical (unpaired) electrons. The topological polar surface area (TPSA) is 21.8 Å². The van der Waals surface area contributed by atoms with Gasteiger partial charge in [-0.2, -0.15) is 0 Å². The lowest BCUT2D eigenvalue weighted by Gasteiger charge is -2.13. The fourth-order valence-corrected chi connectivity index (χ4v) is 3.97. The Morgan fingerprint density at radius 3 is 1.76 bits per heavy atom. The fraction of sp³-hybridized carbons (Fsp3) is 0.778. The standard InChI is InChI=1S/C27H46O2/c1-3-4-5-6-7-8-9-10-11-12-13-14-15-16-17-20-25-21-18-19-22-26(25)28-23-27(2)24-29-27/h18-19,21-22H,3-17,20,23-24H2,1-2H3. The zero-order valence-electron chi connectivity index (χ0n) is 19.4. The van der Waals surface area contributed by atoms with Crippen molar-refractivity contribution in [1.82, 2.24) is 0 Å². The Hall–Kier alpha value is -1.02. The molecule has 2 nitrogen and oxygen atoms in total. The molecule has 1 heterocycles. The number of unbranched alkanes of at least 4 members (excludes halogenated alkanes) is 14. The molecule has 1 aromatic carbocycles. The number of ether oxygens (including phenoxy) is 2. The largest absolute Gasteiger partial charge is 0.490 e. The third-order valence-electron chi connectivity index (χ3n) is 6.19. The van der Waals surface area contributed by atoms with Gasteiger partial charge in [-0.15, -0.1) is 0 Å². The van der Waals surface area contributed by atoms with Gasteiger partial charge in [0.25, 0.3) is 0 Å². The summed E-state index contributed by atoms with van der Waals surface area (Å²) in [5, 5.41) is 0. The van der Waals surface area contributed by atoms with E-state index in [4.69, 9.17) is 9.47 Å². The Balaban J connectivity index is 1.39. The van der Waals surface area contributed by atoms with Gasteiger partial charge in [0.2, 0.25) is 0 Å². The molecule has 1 unspecified atom stereocenters. The first-order valence-corrected chi connectivity index (χ1v) is 12.6. The first-order chi connectivity index (χ1) is 14.2. The van der Waals surface area contributed by atoms with Crippen LogP contribution in [0, 0.1) is 0 Å². The van der Waals surface area contributed by atoms with E-state index in [1.165, 1.54) is 102 Å². The van der Waals surface area contributed by atoms with Gasteiger partial charge in [-0.05, 0) is 31.4 Å². The predicted molar refractivity (Wildman–Crippen MR) is 125 cm³/mol. The Morgan fingerprint density at radius 1 is 0.759 bits per heavy atom. The zero-order valence-corrected chi connectivity index (χ0v) is 19.4. The van der Waals surface area contributed by atoms with Gasteiger partial charge in [0.05, 0.1) is 6.61 Å². The quantitative estimate of drug-likeness (QED) is 0.171. The highest BCUT2D eigenvalue weighted by Crippen LogP contribution is 2.28. The van der Waals surface area contributed by atoms with Crippen LogP contribution in [0.1, 0.15) is 116 Å². The molecule has 0 aliphatic carbocycles. The van der Waals surface area contributed by atoms with Crippen LogP contribution in [-0.4, -0.2) is 18.8 Å². The van der Waals surface area contributed by atoms with Crippen molar-refractivity contribution in [2.24, 2.45) is 0 Å². The summed E-state index contributed by atoms with van der Waals surface area (Å²) in [6.45, 7) is 5.91. The van der Waals surface area contributed by atoms with Crippen molar-refractivity contribution in [3.8, 4) is 5.75 Å². The Morgan fingerprint density at radius 2 is 1.24 bits per heavy atom. The summed E-state index contributed by atoms with van der Waals surface area (Å²) in [5.41, 5.74) is 1.31. The number of aryl methyl sites for hydroxylation is 1. The van der Waals surface area contributed by atoms with Crippen LogP contribution >= 0.6 is 0 Å². The van der Waals surface area contributed by atoms with Gasteiger partial charge >= 0.3 is 0 Å². The molecule has 0 amide bonds. The van der Waals surface area contributed by atoms with Gasteiger partial charge in [-0.3, -0.25) is 0 Å². The van der Waals surface area contributed by atoms with E-state index >= 15 is 0 Å². The van der Waals surface area contributed by atoms with E-state index in [9.17, 15) is 0 Å². The van der Waals surface area contributed by atoms with Crippen molar-refractivity contribution >= 4 is 0 Å². The summed E-state index contributed by atoms with van der Waals surface area (Å²) in [7, 11) is 0. The van der Waals surface area contributed by atoms with Crippen LogP contribution in [0.15, 0.2) is 24.3 Å². The van der Waals surface area contributed by atoms with Crippen LogP contribution in [0.25, 0.3) is 0 Å². The van der Waals surface area contributed by atoms with Crippen molar-refractivity contribution in [3.63, 3.8) is 0 Å². The summed E-state index contributed by atoms with van der Waals surface area (Å²) in [4.78, 5) is 0. The molecule has 0 aromatic heterocycles. The Bertz CT molecular complexity index is 521. The molecule has 0 N–H and O–H groups in total. The molecule has 0 bridgehead atoms. The number of hydrogen-bond acceptors (Lipinski definition) is 2. The first-order valence-electron chi connectivity index (χ1n) is 12.6. The minimum atomic E-state index is -0.0399. The van der Waals surface area contributed by atoms with Crippen LogP contribution in [0.2, 0.25) is 0 Å². The van der Waals surface area contributed by atoms with Crippen molar-refractivity contribution in [2.45, 2.75) is 122 Å². The lowest BCUT2D eigenvalue weighted by Crippen LogP contribution is -2.17. The van der Waals surface area contributed by atoms with Crippen molar-refractivity contribution in [1.29, 1.82) is 0 Å². The number of epoxide rings is 1. The van der Waals surface area contributed by atoms with Crippen LogP contribution in [-0.2, 0) is 11.2 Å². The van der Waals surface area contributed by atoms with Crippen molar-refractivity contribution < 1.29 is 9.47 Å². The van der Waals surface area contributed by atoms with Gasteiger partial charge in [-0.25, -0.2) is 0 Å². The predicted octanol–water partition coefficient (Wildman–Crippen LogP) is 8.27. The molecule has 2 rings (SSSR count). The van der Waals surface area contributed by atoms with Gasteiger partial charge in [0.1, 0.15) is 18.0 Å². The average Bonchev–Trinajstić information content (AvgIpc) is 3.47. The maximum atomic E-state index is 6.01. The summed E-state index contributed by atoms with van der Waals surface area (Å²) in [6.07, 6.45) is 22.4. The van der Waals surface area contributed by atoms with Gasteiger partial charge in [0.15, 0.2) is 0 Å². The number of rotatable bonds is 19. The second kappa shape index (κ2) is 14.9. The highest BCUT2D eigenvalue weighted by Gasteiger charge is 2.40. The molecule has 1 saturated heterocycles. The highest BCUT2D eigenvalue weighted by atomic mass is 16.6. The second-order valence-corrected chi connectivity index (χ2v) is 9.33. The molecular formula is C27H46O2. The molecule has 29 heavy (non-hydrogen) atoms. The lowest BCUT2D eigenvalue weighted by molar-refractivity contribution is 0.201. The van der Waals surface area contributed by atoms with Crippen molar-refractivity contribution in [3.05, 3.63) is 29.8 Å². The maximum Gasteiger partial charge on any atom is 0.123 e. The van der Waals surface area contributed by atoms with Crippen LogP contribution in [0.5, 0.6) is 5.75 Å². The molecule has 2 heteroatoms. The van der Waals surface area contributed by atoms with E-state index in [0.717, 1.165) is 18.8 Å². The number of para-hydroxylation sites is 1. The Kier molecular flexibility index (Phi) is 12.4. The van der Waals surface area contributed by atoms with Gasteiger partial charge in [0, 0.05) is 0 Å². The third-order valence-corrected chi connectivity index (χ3v) is 6.19. The monoisotopic (exact) mass is 402 g/mol. The normalized spacial score (nSPS) is 18.1. The van der Waals surface area contributed by atoms with E-state index in [-0.39, 0.29) is 5.60 Å². The van der Waals surface area contributed by atoms with Crippen LogP contribution in [0.3, 0.4) is 0 Å². The molecule has 1 fully saturated rings. The zero-order chi connectivity index (χ0) is 20.6. The number of benzene rings is 1. The third kappa shape index (κ3) is 11.7. The minimum absolute atomic E-state index is 0.0399. The van der Waals surface area contributed by atoms with Gasteiger partial charge < -0.3 is 9.47 Å². The first kappa shape index (κ1) is 24.3. The lowest BCUT2D eigenvalue weighted by atomic mass is 10.0. The summed E-state index contributed by atoms with van der Waals surface area (Å²) < 4.78 is 11.4. The summed E-state index contributed by atoms with van der Waals surface area (Å²) >= 11 is 0. The summed E-state index contributed by atoms with van der Waals surface area (Å²) in [6, 6.07) is 8.52. The van der Waals surface area contributed by atoms with E-state index in [2.05, 4.69) is 38.1 Å². The Labute approximate surface area is 180 Å². The molecule has 0 spiro atoms. The van der Waals surface area contributed by atoms with E-state index < -0.39 is 0 Å². The van der Waals surface area contributed by atoms with Crippen molar-refractivity contribution in [2.75, 3.05) is 13.2 Å². The maximum absolute atomic E-state index is 6.01. The molecule has 0 saturated carbocycles. The van der Waals surface area contributed by atoms with Gasteiger partial charge in [-0.1, -0.05) is 115 Å². The fourth-order valence-electron chi connectivity index (χ4n) is 3.97.